The number of carbonyl (C=O) groups is 2. The smallest absolute Gasteiger partial charge is 0.155 e. The van der Waals surface area contributed by atoms with Gasteiger partial charge in [-0.2, -0.15) is 0 Å². The molecule has 4 aliphatic rings. The van der Waals surface area contributed by atoms with Gasteiger partial charge in [0.1, 0.15) is 6.29 Å². The van der Waals surface area contributed by atoms with Crippen molar-refractivity contribution >= 4 is 12.1 Å². The Morgan fingerprint density at radius 3 is 2.79 bits per heavy atom. The summed E-state index contributed by atoms with van der Waals surface area (Å²) in [4.78, 5) is 23.6. The zero-order valence-electron chi connectivity index (χ0n) is 14.4. The zero-order valence-corrected chi connectivity index (χ0v) is 14.4. The summed E-state index contributed by atoms with van der Waals surface area (Å²) in [5.41, 5.74) is 0.709. The lowest BCUT2D eigenvalue weighted by atomic mass is 9.46. The first-order valence-electron chi connectivity index (χ1n) is 9.44. The van der Waals surface area contributed by atoms with Crippen molar-refractivity contribution in [3.05, 3.63) is 11.6 Å². The van der Waals surface area contributed by atoms with Crippen LogP contribution in [0.1, 0.15) is 51.9 Å². The van der Waals surface area contributed by atoms with E-state index in [-0.39, 0.29) is 35.1 Å². The van der Waals surface area contributed by atoms with Gasteiger partial charge in [0.15, 0.2) is 5.78 Å². The fourth-order valence-electron chi connectivity index (χ4n) is 6.94. The molecule has 0 spiro atoms. The van der Waals surface area contributed by atoms with Gasteiger partial charge in [0.25, 0.3) is 0 Å². The number of fused-ring (bicyclic) bond motifs is 5. The summed E-state index contributed by atoms with van der Waals surface area (Å²) in [6.07, 6.45) is 8.02. The fraction of sp³-hybridized carbons (Fsp3) is 0.800. The number of ketones is 1. The van der Waals surface area contributed by atoms with E-state index in [9.17, 15) is 19.8 Å². The first-order chi connectivity index (χ1) is 11.5. The van der Waals surface area contributed by atoms with Gasteiger partial charge in [0.2, 0.25) is 0 Å². The molecule has 7 unspecified atom stereocenters. The topological polar surface area (TPSA) is 74.6 Å². The molecule has 0 aliphatic heterocycles. The first-order valence-corrected chi connectivity index (χ1v) is 9.44. The maximum absolute atomic E-state index is 11.9. The summed E-state index contributed by atoms with van der Waals surface area (Å²) >= 11 is 0. The molecule has 24 heavy (non-hydrogen) atoms. The molecular weight excluding hydrogens is 304 g/mol. The second kappa shape index (κ2) is 5.50. The highest BCUT2D eigenvalue weighted by atomic mass is 16.3. The molecule has 0 amide bonds. The van der Waals surface area contributed by atoms with E-state index in [1.165, 1.54) is 0 Å². The average Bonchev–Trinajstić information content (AvgIpc) is 2.85. The molecule has 0 radical (unpaired) electrons. The molecule has 4 nitrogen and oxygen atoms in total. The van der Waals surface area contributed by atoms with E-state index in [1.807, 2.05) is 0 Å². The van der Waals surface area contributed by atoms with Gasteiger partial charge < -0.3 is 15.0 Å². The Morgan fingerprint density at radius 1 is 1.29 bits per heavy atom. The molecule has 3 fully saturated rings. The van der Waals surface area contributed by atoms with Gasteiger partial charge in [0, 0.05) is 17.8 Å². The molecule has 132 valence electrons. The Labute approximate surface area is 143 Å². The second-order valence-corrected chi connectivity index (χ2v) is 8.88. The van der Waals surface area contributed by atoms with Crippen molar-refractivity contribution in [3.8, 4) is 0 Å². The minimum absolute atomic E-state index is 0.0655. The number of aliphatic hydroxyl groups is 2. The van der Waals surface area contributed by atoms with Crippen molar-refractivity contribution in [2.24, 2.45) is 34.5 Å². The van der Waals surface area contributed by atoms with Crippen LogP contribution < -0.4 is 0 Å². The Hall–Kier alpha value is -1.00. The summed E-state index contributed by atoms with van der Waals surface area (Å²) in [7, 11) is 0. The molecule has 7 atom stereocenters. The number of aliphatic hydroxyl groups excluding tert-OH is 2. The molecule has 2 N–H and O–H groups in total. The molecule has 0 aromatic rings. The van der Waals surface area contributed by atoms with Crippen LogP contribution in [0.3, 0.4) is 0 Å². The predicted octanol–water partition coefficient (Wildman–Crippen LogP) is 2.28. The van der Waals surface area contributed by atoms with Crippen molar-refractivity contribution < 1.29 is 19.8 Å². The van der Waals surface area contributed by atoms with E-state index >= 15 is 0 Å². The van der Waals surface area contributed by atoms with Crippen LogP contribution in [-0.2, 0) is 9.59 Å². The van der Waals surface area contributed by atoms with Gasteiger partial charge in [0.05, 0.1) is 12.7 Å². The van der Waals surface area contributed by atoms with Crippen molar-refractivity contribution in [2.75, 3.05) is 6.61 Å². The quantitative estimate of drug-likeness (QED) is 0.761. The molecule has 4 heteroatoms. The Morgan fingerprint density at radius 2 is 2.08 bits per heavy atom. The third-order valence-electron chi connectivity index (χ3n) is 8.16. The van der Waals surface area contributed by atoms with Crippen LogP contribution in [0.2, 0.25) is 0 Å². The maximum atomic E-state index is 11.9. The van der Waals surface area contributed by atoms with Gasteiger partial charge in [-0.15, -0.1) is 0 Å². The minimum Gasteiger partial charge on any atom is -0.395 e. The Balaban J connectivity index is 1.75. The lowest BCUT2D eigenvalue weighted by Crippen LogP contribution is -2.54. The largest absolute Gasteiger partial charge is 0.395 e. The minimum atomic E-state index is -0.395. The predicted molar refractivity (Wildman–Crippen MR) is 89.1 cm³/mol. The lowest BCUT2D eigenvalue weighted by Gasteiger charge is -2.58. The van der Waals surface area contributed by atoms with Crippen LogP contribution in [0.15, 0.2) is 11.6 Å². The van der Waals surface area contributed by atoms with Gasteiger partial charge >= 0.3 is 0 Å². The normalized spacial score (nSPS) is 50.5. The molecule has 4 rings (SSSR count). The third-order valence-corrected chi connectivity index (χ3v) is 8.16. The van der Waals surface area contributed by atoms with Crippen molar-refractivity contribution in [1.82, 2.24) is 0 Å². The SMILES string of the molecule is CC12CCC3C(CCC4=CC(=O)CCC43CO)C1C(C=O)CC2O. The molecule has 0 heterocycles. The van der Waals surface area contributed by atoms with Crippen LogP contribution in [-0.4, -0.2) is 35.0 Å². The first kappa shape index (κ1) is 16.5. The van der Waals surface area contributed by atoms with Crippen LogP contribution in [0.25, 0.3) is 0 Å². The monoisotopic (exact) mass is 332 g/mol. The molecular formula is C20H28O4. The molecule has 4 aliphatic carbocycles. The summed E-state index contributed by atoms with van der Waals surface area (Å²) in [6, 6.07) is 0. The van der Waals surface area contributed by atoms with Crippen LogP contribution in [0, 0.1) is 34.5 Å². The van der Waals surface area contributed by atoms with E-state index in [0.29, 0.717) is 24.7 Å². The standard InChI is InChI=1S/C20H28O4/c1-19-6-5-16-15(18(19)12(10-21)8-17(19)24)3-2-13-9-14(23)4-7-20(13,16)11-22/h9-10,12,15-18,22,24H,2-8,11H2,1H3. The van der Waals surface area contributed by atoms with Gasteiger partial charge in [-0.1, -0.05) is 12.5 Å². The van der Waals surface area contributed by atoms with E-state index in [2.05, 4.69) is 6.92 Å². The summed E-state index contributed by atoms with van der Waals surface area (Å²) in [6.45, 7) is 2.26. The maximum Gasteiger partial charge on any atom is 0.155 e. The van der Waals surface area contributed by atoms with Crippen LogP contribution in [0.5, 0.6) is 0 Å². The van der Waals surface area contributed by atoms with E-state index in [4.69, 9.17) is 0 Å². The van der Waals surface area contributed by atoms with Crippen LogP contribution >= 0.6 is 0 Å². The number of hydrogen-bond donors (Lipinski definition) is 2. The molecule has 0 bridgehead atoms. The highest BCUT2D eigenvalue weighted by molar-refractivity contribution is 5.91. The third kappa shape index (κ3) is 1.99. The summed E-state index contributed by atoms with van der Waals surface area (Å²) in [5, 5.41) is 20.9. The average molecular weight is 332 g/mol. The molecule has 0 aromatic heterocycles. The summed E-state index contributed by atoms with van der Waals surface area (Å²) in [5.74, 6) is 1.04. The number of hydrogen-bond acceptors (Lipinski definition) is 4. The highest BCUT2D eigenvalue weighted by Gasteiger charge is 2.62. The molecule has 0 saturated heterocycles. The van der Waals surface area contributed by atoms with E-state index in [0.717, 1.165) is 44.0 Å². The molecule has 3 saturated carbocycles. The zero-order chi connectivity index (χ0) is 17.1. The lowest BCUT2D eigenvalue weighted by molar-refractivity contribution is -0.124. The Bertz CT molecular complexity index is 596. The van der Waals surface area contributed by atoms with E-state index < -0.39 is 6.10 Å². The van der Waals surface area contributed by atoms with Crippen molar-refractivity contribution in [3.63, 3.8) is 0 Å². The fourth-order valence-corrected chi connectivity index (χ4v) is 6.94. The number of carbonyl (C=O) groups excluding carboxylic acids is 2. The van der Waals surface area contributed by atoms with Crippen molar-refractivity contribution in [2.45, 2.75) is 58.0 Å². The highest BCUT2D eigenvalue weighted by Crippen LogP contribution is 2.66. The Kier molecular flexibility index (Phi) is 3.77. The second-order valence-electron chi connectivity index (χ2n) is 8.88. The summed E-state index contributed by atoms with van der Waals surface area (Å²) < 4.78 is 0. The molecule has 0 aromatic carbocycles. The van der Waals surface area contributed by atoms with Crippen molar-refractivity contribution in [1.29, 1.82) is 0 Å². The van der Waals surface area contributed by atoms with Crippen LogP contribution in [0.4, 0.5) is 0 Å². The number of aldehydes is 1. The van der Waals surface area contributed by atoms with E-state index in [1.54, 1.807) is 6.08 Å². The van der Waals surface area contributed by atoms with Gasteiger partial charge in [-0.05, 0) is 67.8 Å². The van der Waals surface area contributed by atoms with Gasteiger partial charge in [-0.3, -0.25) is 4.79 Å². The number of rotatable bonds is 2. The van der Waals surface area contributed by atoms with Gasteiger partial charge in [-0.25, -0.2) is 0 Å².